The second-order valence-electron chi connectivity index (χ2n) is 3.61. The van der Waals surface area contributed by atoms with Crippen molar-refractivity contribution in [3.05, 3.63) is 41.8 Å². The van der Waals surface area contributed by atoms with Crippen LogP contribution in [0.2, 0.25) is 5.15 Å². The van der Waals surface area contributed by atoms with Crippen LogP contribution in [0.1, 0.15) is 13.8 Å². The molecule has 0 saturated heterocycles. The molecule has 0 atom stereocenters. The van der Waals surface area contributed by atoms with Gasteiger partial charge in [0.25, 0.3) is 0 Å². The van der Waals surface area contributed by atoms with Gasteiger partial charge in [-0.3, -0.25) is 0 Å². The highest BCUT2D eigenvalue weighted by Gasteiger charge is 2.09. The molecule has 0 aliphatic rings. The van der Waals surface area contributed by atoms with Gasteiger partial charge in [-0.25, -0.2) is 19.9 Å². The minimum atomic E-state index is 0.186. The molecule has 20 heavy (non-hydrogen) atoms. The van der Waals surface area contributed by atoms with Crippen LogP contribution in [0.3, 0.4) is 0 Å². The van der Waals surface area contributed by atoms with Gasteiger partial charge in [0.2, 0.25) is 0 Å². The Hall–Kier alpha value is -2.27. The first-order valence-electron chi connectivity index (χ1n) is 6.18. The van der Waals surface area contributed by atoms with E-state index in [0.29, 0.717) is 17.0 Å². The van der Waals surface area contributed by atoms with E-state index in [4.69, 9.17) is 11.6 Å². The molecule has 0 bridgehead atoms. The van der Waals surface area contributed by atoms with E-state index < -0.39 is 0 Å². The van der Waals surface area contributed by atoms with Gasteiger partial charge in [-0.05, 0) is 24.3 Å². The summed E-state index contributed by atoms with van der Waals surface area (Å²) >= 11 is 6.04. The average molecular weight is 289 g/mol. The topological polar surface area (TPSA) is 71.8 Å². The Morgan fingerprint density at radius 3 is 2.30 bits per heavy atom. The largest absolute Gasteiger partial charge is 0.508 e. The molecule has 102 valence electrons. The quantitative estimate of drug-likeness (QED) is 0.694. The lowest BCUT2D eigenvalue weighted by Gasteiger charge is -2.03. The highest BCUT2D eigenvalue weighted by Crippen LogP contribution is 2.23. The third-order valence-corrected chi connectivity index (χ3v) is 2.68. The number of halogens is 1. The monoisotopic (exact) mass is 288 g/mol. The third kappa shape index (κ3) is 2.83. The van der Waals surface area contributed by atoms with Gasteiger partial charge in [0.05, 0.1) is 0 Å². The van der Waals surface area contributed by atoms with Crippen LogP contribution in [0.15, 0.2) is 36.7 Å². The number of benzene rings is 1. The van der Waals surface area contributed by atoms with E-state index in [1.54, 1.807) is 30.5 Å². The molecule has 2 aromatic heterocycles. The number of phenolic OH excluding ortho intramolecular Hbond substituents is 1. The van der Waals surface area contributed by atoms with Gasteiger partial charge in [-0.2, -0.15) is 0 Å². The highest BCUT2D eigenvalue weighted by atomic mass is 35.5. The van der Waals surface area contributed by atoms with Crippen LogP contribution in [0.5, 0.6) is 5.75 Å². The minimum Gasteiger partial charge on any atom is -0.508 e. The molecule has 0 saturated carbocycles. The van der Waals surface area contributed by atoms with E-state index in [1.165, 1.54) is 6.20 Å². The maximum absolute atomic E-state index is 9.24. The van der Waals surface area contributed by atoms with E-state index in [-0.39, 0.29) is 10.9 Å². The Balaban J connectivity index is 0.000000704. The standard InChI is InChI=1S/C12H7ClN4O.C2H6/c13-10-9-12(15-6-5-14-9)17-11(16-10)7-1-3-8(18)4-2-7;1-2/h1-6,18H;1-2H3. The maximum atomic E-state index is 9.24. The molecule has 2 heterocycles. The normalized spacial score (nSPS) is 9.95. The molecule has 0 fully saturated rings. The lowest BCUT2D eigenvalue weighted by atomic mass is 10.2. The molecule has 3 rings (SSSR count). The summed E-state index contributed by atoms with van der Waals surface area (Å²) in [6.45, 7) is 4.00. The van der Waals surface area contributed by atoms with Gasteiger partial charge < -0.3 is 5.11 Å². The van der Waals surface area contributed by atoms with E-state index >= 15 is 0 Å². The number of phenols is 1. The lowest BCUT2D eigenvalue weighted by molar-refractivity contribution is 0.475. The second kappa shape index (κ2) is 6.25. The summed E-state index contributed by atoms with van der Waals surface area (Å²) in [5.41, 5.74) is 1.67. The van der Waals surface area contributed by atoms with Crippen molar-refractivity contribution in [1.29, 1.82) is 0 Å². The Bertz CT molecular complexity index is 716. The van der Waals surface area contributed by atoms with Crippen molar-refractivity contribution in [2.45, 2.75) is 13.8 Å². The fourth-order valence-electron chi connectivity index (χ4n) is 1.57. The van der Waals surface area contributed by atoms with Crippen molar-refractivity contribution >= 4 is 22.8 Å². The molecule has 0 aliphatic heterocycles. The smallest absolute Gasteiger partial charge is 0.183 e. The zero-order chi connectivity index (χ0) is 14.5. The van der Waals surface area contributed by atoms with Crippen molar-refractivity contribution in [1.82, 2.24) is 19.9 Å². The summed E-state index contributed by atoms with van der Waals surface area (Å²) in [5, 5.41) is 9.50. The number of aromatic hydroxyl groups is 1. The zero-order valence-electron chi connectivity index (χ0n) is 11.1. The molecule has 0 unspecified atom stereocenters. The van der Waals surface area contributed by atoms with Crippen LogP contribution in [0.25, 0.3) is 22.6 Å². The summed E-state index contributed by atoms with van der Waals surface area (Å²) in [5.74, 6) is 0.637. The molecule has 6 heteroatoms. The van der Waals surface area contributed by atoms with Crippen molar-refractivity contribution in [3.63, 3.8) is 0 Å². The number of rotatable bonds is 1. The summed E-state index contributed by atoms with van der Waals surface area (Å²) < 4.78 is 0. The van der Waals surface area contributed by atoms with Gasteiger partial charge in [0, 0.05) is 18.0 Å². The fraction of sp³-hybridized carbons (Fsp3) is 0.143. The van der Waals surface area contributed by atoms with Crippen molar-refractivity contribution in [3.8, 4) is 17.1 Å². The maximum Gasteiger partial charge on any atom is 0.183 e. The Morgan fingerprint density at radius 2 is 1.60 bits per heavy atom. The average Bonchev–Trinajstić information content (AvgIpc) is 2.50. The number of hydrogen-bond acceptors (Lipinski definition) is 5. The van der Waals surface area contributed by atoms with Gasteiger partial charge in [0.15, 0.2) is 16.6 Å². The first-order valence-corrected chi connectivity index (χ1v) is 6.55. The van der Waals surface area contributed by atoms with Crippen LogP contribution in [0, 0.1) is 0 Å². The zero-order valence-corrected chi connectivity index (χ0v) is 11.8. The molecule has 0 amide bonds. The predicted octanol–water partition coefficient (Wildman–Crippen LogP) is 3.47. The Kier molecular flexibility index (Phi) is 4.42. The minimum absolute atomic E-state index is 0.186. The first kappa shape index (κ1) is 14.1. The molecule has 1 aromatic carbocycles. The molecule has 1 N–H and O–H groups in total. The van der Waals surface area contributed by atoms with Crippen LogP contribution in [-0.4, -0.2) is 25.0 Å². The van der Waals surface area contributed by atoms with Crippen LogP contribution >= 0.6 is 11.6 Å². The van der Waals surface area contributed by atoms with Gasteiger partial charge in [-0.1, -0.05) is 25.4 Å². The van der Waals surface area contributed by atoms with Gasteiger partial charge in [-0.15, -0.1) is 0 Å². The van der Waals surface area contributed by atoms with Crippen LogP contribution in [-0.2, 0) is 0 Å². The molecular formula is C14H13ClN4O. The van der Waals surface area contributed by atoms with Crippen molar-refractivity contribution in [2.24, 2.45) is 0 Å². The number of hydrogen-bond donors (Lipinski definition) is 1. The number of nitrogens with zero attached hydrogens (tertiary/aromatic N) is 4. The van der Waals surface area contributed by atoms with Crippen LogP contribution in [0.4, 0.5) is 0 Å². The first-order chi connectivity index (χ1) is 9.74. The summed E-state index contributed by atoms with van der Waals surface area (Å²) in [7, 11) is 0. The second-order valence-corrected chi connectivity index (χ2v) is 3.97. The van der Waals surface area contributed by atoms with E-state index in [2.05, 4.69) is 19.9 Å². The predicted molar refractivity (Wildman–Crippen MR) is 78.6 cm³/mol. The summed E-state index contributed by atoms with van der Waals surface area (Å²) in [6, 6.07) is 6.55. The lowest BCUT2D eigenvalue weighted by Crippen LogP contribution is -1.95. The summed E-state index contributed by atoms with van der Waals surface area (Å²) in [6.07, 6.45) is 3.09. The third-order valence-electron chi connectivity index (χ3n) is 2.42. The van der Waals surface area contributed by atoms with Crippen molar-refractivity contribution in [2.75, 3.05) is 0 Å². The number of aromatic nitrogens is 4. The van der Waals surface area contributed by atoms with Crippen LogP contribution < -0.4 is 0 Å². The highest BCUT2D eigenvalue weighted by molar-refractivity contribution is 6.33. The summed E-state index contributed by atoms with van der Waals surface area (Å²) in [4.78, 5) is 16.6. The van der Waals surface area contributed by atoms with E-state index in [1.807, 2.05) is 13.8 Å². The van der Waals surface area contributed by atoms with E-state index in [0.717, 1.165) is 5.56 Å². The Morgan fingerprint density at radius 1 is 0.950 bits per heavy atom. The van der Waals surface area contributed by atoms with E-state index in [9.17, 15) is 5.11 Å². The molecule has 3 aromatic rings. The molecule has 0 spiro atoms. The Labute approximate surface area is 121 Å². The molecule has 0 aliphatic carbocycles. The van der Waals surface area contributed by atoms with Gasteiger partial charge >= 0.3 is 0 Å². The van der Waals surface area contributed by atoms with Crippen molar-refractivity contribution < 1.29 is 5.11 Å². The SMILES string of the molecule is CC.Oc1ccc(-c2nc(Cl)c3nccnc3n2)cc1. The fourth-order valence-corrected chi connectivity index (χ4v) is 1.78. The molecule has 5 nitrogen and oxygen atoms in total. The molecular weight excluding hydrogens is 276 g/mol. The van der Waals surface area contributed by atoms with Gasteiger partial charge in [0.1, 0.15) is 11.3 Å². The molecule has 0 radical (unpaired) electrons. The number of fused-ring (bicyclic) bond motifs is 1.